The van der Waals surface area contributed by atoms with Crippen LogP contribution in [0.5, 0.6) is 0 Å². The highest BCUT2D eigenvalue weighted by atomic mass is 16.5. The molecular formula is C13H26N2O2. The highest BCUT2D eigenvalue weighted by molar-refractivity contribution is 5.79. The number of carbonyl (C=O) groups is 1. The standard InChI is InChI=1S/C13H26N2O2/c1-4-15(5-2)13(16)12-7-6-8-14(11-12)9-10-17-3/h12H,4-11H2,1-3H3. The van der Waals surface area contributed by atoms with Crippen molar-refractivity contribution in [1.29, 1.82) is 0 Å². The number of hydrogen-bond acceptors (Lipinski definition) is 3. The Balaban J connectivity index is 2.45. The van der Waals surface area contributed by atoms with Gasteiger partial charge in [0.15, 0.2) is 0 Å². The Labute approximate surface area is 105 Å². The zero-order valence-corrected chi connectivity index (χ0v) is 11.4. The molecule has 0 aromatic rings. The van der Waals surface area contributed by atoms with E-state index in [-0.39, 0.29) is 5.92 Å². The second-order valence-electron chi connectivity index (χ2n) is 4.64. The van der Waals surface area contributed by atoms with E-state index in [1.807, 2.05) is 18.7 Å². The second kappa shape index (κ2) is 7.67. The van der Waals surface area contributed by atoms with E-state index in [0.29, 0.717) is 5.91 Å². The maximum Gasteiger partial charge on any atom is 0.226 e. The molecule has 1 rings (SSSR count). The van der Waals surface area contributed by atoms with Gasteiger partial charge in [0.25, 0.3) is 0 Å². The van der Waals surface area contributed by atoms with Gasteiger partial charge >= 0.3 is 0 Å². The van der Waals surface area contributed by atoms with Crippen molar-refractivity contribution in [3.05, 3.63) is 0 Å². The molecule has 0 bridgehead atoms. The molecule has 1 aliphatic rings. The molecule has 0 spiro atoms. The zero-order valence-electron chi connectivity index (χ0n) is 11.4. The fourth-order valence-corrected chi connectivity index (χ4v) is 2.47. The van der Waals surface area contributed by atoms with Gasteiger partial charge < -0.3 is 14.5 Å². The molecule has 0 aromatic heterocycles. The maximum absolute atomic E-state index is 12.2. The SMILES string of the molecule is CCN(CC)C(=O)C1CCCN(CCOC)C1. The number of methoxy groups -OCH3 is 1. The molecule has 1 fully saturated rings. The number of hydrogen-bond donors (Lipinski definition) is 0. The van der Waals surface area contributed by atoms with Gasteiger partial charge in [0.2, 0.25) is 5.91 Å². The molecule has 0 saturated carbocycles. The molecule has 100 valence electrons. The van der Waals surface area contributed by atoms with Gasteiger partial charge in [-0.2, -0.15) is 0 Å². The van der Waals surface area contributed by atoms with Crippen LogP contribution >= 0.6 is 0 Å². The van der Waals surface area contributed by atoms with Crippen LogP contribution in [0, 0.1) is 5.92 Å². The van der Waals surface area contributed by atoms with Crippen molar-refractivity contribution in [3.8, 4) is 0 Å². The average molecular weight is 242 g/mol. The third kappa shape index (κ3) is 4.28. The summed E-state index contributed by atoms with van der Waals surface area (Å²) in [6.45, 7) is 9.45. The van der Waals surface area contributed by atoms with Crippen LogP contribution in [0.25, 0.3) is 0 Å². The molecule has 17 heavy (non-hydrogen) atoms. The minimum atomic E-state index is 0.195. The van der Waals surface area contributed by atoms with Crippen LogP contribution in [-0.2, 0) is 9.53 Å². The van der Waals surface area contributed by atoms with Crippen molar-refractivity contribution in [2.24, 2.45) is 5.92 Å². The van der Waals surface area contributed by atoms with Crippen molar-refractivity contribution in [3.63, 3.8) is 0 Å². The highest BCUT2D eigenvalue weighted by Crippen LogP contribution is 2.18. The van der Waals surface area contributed by atoms with Gasteiger partial charge in [-0.15, -0.1) is 0 Å². The van der Waals surface area contributed by atoms with E-state index in [0.717, 1.165) is 52.2 Å². The largest absolute Gasteiger partial charge is 0.383 e. The van der Waals surface area contributed by atoms with Gasteiger partial charge in [-0.1, -0.05) is 0 Å². The summed E-state index contributed by atoms with van der Waals surface area (Å²) in [6, 6.07) is 0. The summed E-state index contributed by atoms with van der Waals surface area (Å²) in [6.07, 6.45) is 2.17. The van der Waals surface area contributed by atoms with E-state index in [1.165, 1.54) is 0 Å². The molecule has 0 radical (unpaired) electrons. The quantitative estimate of drug-likeness (QED) is 0.702. The number of likely N-dealkylation sites (tertiary alicyclic amines) is 1. The van der Waals surface area contributed by atoms with Gasteiger partial charge in [0.1, 0.15) is 0 Å². The fraction of sp³-hybridized carbons (Fsp3) is 0.923. The predicted octanol–water partition coefficient (Wildman–Crippen LogP) is 1.21. The van der Waals surface area contributed by atoms with Gasteiger partial charge in [-0.25, -0.2) is 0 Å². The van der Waals surface area contributed by atoms with Gasteiger partial charge in [-0.05, 0) is 33.2 Å². The minimum absolute atomic E-state index is 0.195. The lowest BCUT2D eigenvalue weighted by molar-refractivity contribution is -0.137. The zero-order chi connectivity index (χ0) is 12.7. The van der Waals surface area contributed by atoms with E-state index in [1.54, 1.807) is 7.11 Å². The first kappa shape index (κ1) is 14.5. The first-order valence-electron chi connectivity index (χ1n) is 6.73. The van der Waals surface area contributed by atoms with Crippen molar-refractivity contribution < 1.29 is 9.53 Å². The molecule has 1 aliphatic heterocycles. The molecule has 1 amide bonds. The molecular weight excluding hydrogens is 216 g/mol. The summed E-state index contributed by atoms with van der Waals surface area (Å²) in [7, 11) is 1.72. The number of nitrogens with zero attached hydrogens (tertiary/aromatic N) is 2. The molecule has 1 heterocycles. The van der Waals surface area contributed by atoms with Gasteiger partial charge in [0, 0.05) is 33.3 Å². The lowest BCUT2D eigenvalue weighted by Crippen LogP contribution is -2.45. The van der Waals surface area contributed by atoms with E-state index in [4.69, 9.17) is 4.74 Å². The number of amides is 1. The summed E-state index contributed by atoms with van der Waals surface area (Å²) >= 11 is 0. The van der Waals surface area contributed by atoms with Crippen LogP contribution in [0.4, 0.5) is 0 Å². The Kier molecular flexibility index (Phi) is 6.52. The summed E-state index contributed by atoms with van der Waals surface area (Å²) < 4.78 is 5.09. The van der Waals surface area contributed by atoms with Crippen LogP contribution in [0.1, 0.15) is 26.7 Å². The Morgan fingerprint density at radius 2 is 2.12 bits per heavy atom. The maximum atomic E-state index is 12.2. The predicted molar refractivity (Wildman–Crippen MR) is 69.0 cm³/mol. The van der Waals surface area contributed by atoms with E-state index in [9.17, 15) is 4.79 Å². The molecule has 1 atom stereocenters. The number of ether oxygens (including phenoxy) is 1. The lowest BCUT2D eigenvalue weighted by Gasteiger charge is -2.34. The summed E-state index contributed by atoms with van der Waals surface area (Å²) in [4.78, 5) is 16.5. The first-order valence-corrected chi connectivity index (χ1v) is 6.73. The second-order valence-corrected chi connectivity index (χ2v) is 4.64. The molecule has 4 nitrogen and oxygen atoms in total. The summed E-state index contributed by atoms with van der Waals surface area (Å²) in [5, 5.41) is 0. The first-order chi connectivity index (χ1) is 8.22. The topological polar surface area (TPSA) is 32.8 Å². The van der Waals surface area contributed by atoms with Gasteiger partial charge in [0.05, 0.1) is 12.5 Å². The highest BCUT2D eigenvalue weighted by Gasteiger charge is 2.27. The lowest BCUT2D eigenvalue weighted by atomic mass is 9.96. The Morgan fingerprint density at radius 1 is 1.41 bits per heavy atom. The van der Waals surface area contributed by atoms with Crippen molar-refractivity contribution >= 4 is 5.91 Å². The monoisotopic (exact) mass is 242 g/mol. The molecule has 0 aliphatic carbocycles. The molecule has 0 N–H and O–H groups in total. The molecule has 1 unspecified atom stereocenters. The van der Waals surface area contributed by atoms with Crippen LogP contribution in [0.2, 0.25) is 0 Å². The number of rotatable bonds is 6. The summed E-state index contributed by atoms with van der Waals surface area (Å²) in [5.41, 5.74) is 0. The van der Waals surface area contributed by atoms with Crippen molar-refractivity contribution in [2.75, 3.05) is 46.4 Å². The van der Waals surface area contributed by atoms with E-state index >= 15 is 0 Å². The van der Waals surface area contributed by atoms with Crippen molar-refractivity contribution in [2.45, 2.75) is 26.7 Å². The van der Waals surface area contributed by atoms with Crippen LogP contribution in [0.15, 0.2) is 0 Å². The summed E-state index contributed by atoms with van der Waals surface area (Å²) in [5.74, 6) is 0.526. The van der Waals surface area contributed by atoms with Crippen LogP contribution in [0.3, 0.4) is 0 Å². The number of piperidine rings is 1. The van der Waals surface area contributed by atoms with Gasteiger partial charge in [-0.3, -0.25) is 4.79 Å². The average Bonchev–Trinajstić information content (AvgIpc) is 2.38. The minimum Gasteiger partial charge on any atom is -0.383 e. The van der Waals surface area contributed by atoms with E-state index in [2.05, 4.69) is 4.90 Å². The Morgan fingerprint density at radius 3 is 2.71 bits per heavy atom. The smallest absolute Gasteiger partial charge is 0.226 e. The third-order valence-corrected chi connectivity index (χ3v) is 3.54. The normalized spacial score (nSPS) is 21.5. The van der Waals surface area contributed by atoms with Crippen molar-refractivity contribution in [1.82, 2.24) is 9.80 Å². The Bertz CT molecular complexity index is 229. The van der Waals surface area contributed by atoms with Crippen LogP contribution < -0.4 is 0 Å². The number of carbonyl (C=O) groups excluding carboxylic acids is 1. The van der Waals surface area contributed by atoms with E-state index < -0.39 is 0 Å². The third-order valence-electron chi connectivity index (χ3n) is 3.54. The molecule has 1 saturated heterocycles. The Hall–Kier alpha value is -0.610. The fourth-order valence-electron chi connectivity index (χ4n) is 2.47. The van der Waals surface area contributed by atoms with Crippen LogP contribution in [-0.4, -0.2) is 62.1 Å². The molecule has 0 aromatic carbocycles. The molecule has 4 heteroatoms.